The first kappa shape index (κ1) is 13.4. The number of amides is 1. The zero-order valence-corrected chi connectivity index (χ0v) is 11.3. The Labute approximate surface area is 115 Å². The van der Waals surface area contributed by atoms with Crippen LogP contribution >= 0.6 is 11.8 Å². The summed E-state index contributed by atoms with van der Waals surface area (Å²) in [5, 5.41) is 11.9. The molecule has 2 N–H and O–H groups in total. The van der Waals surface area contributed by atoms with Crippen molar-refractivity contribution in [1.82, 2.24) is 10.3 Å². The van der Waals surface area contributed by atoms with Crippen LogP contribution in [-0.2, 0) is 0 Å². The van der Waals surface area contributed by atoms with E-state index < -0.39 is 0 Å². The molecule has 4 nitrogen and oxygen atoms in total. The second-order valence-corrected chi connectivity index (χ2v) is 4.98. The molecule has 2 aromatic rings. The summed E-state index contributed by atoms with van der Waals surface area (Å²) in [5.41, 5.74) is 0.408. The minimum atomic E-state index is -0.171. The maximum Gasteiger partial charge on any atom is 0.269 e. The maximum atomic E-state index is 11.7. The lowest BCUT2D eigenvalue weighted by Crippen LogP contribution is -2.23. The predicted molar refractivity (Wildman–Crippen MR) is 74.5 cm³/mol. The van der Waals surface area contributed by atoms with E-state index >= 15 is 0 Å². The monoisotopic (exact) mass is 274 g/mol. The lowest BCUT2D eigenvalue weighted by Gasteiger charge is -2.05. The Hall–Kier alpha value is -2.01. The molecule has 5 heteroatoms. The minimum absolute atomic E-state index is 0.171. The van der Waals surface area contributed by atoms with Crippen LogP contribution in [0.25, 0.3) is 0 Å². The number of phenolic OH excluding ortho intramolecular Hbond substituents is 1. The van der Waals surface area contributed by atoms with Crippen molar-refractivity contribution in [3.05, 3.63) is 48.3 Å². The van der Waals surface area contributed by atoms with Gasteiger partial charge >= 0.3 is 0 Å². The number of nitrogens with one attached hydrogen (secondary N) is 1. The van der Waals surface area contributed by atoms with Gasteiger partial charge in [-0.25, -0.2) is 0 Å². The summed E-state index contributed by atoms with van der Waals surface area (Å²) in [4.78, 5) is 17.7. The van der Waals surface area contributed by atoms with Crippen LogP contribution in [0.3, 0.4) is 0 Å². The summed E-state index contributed by atoms with van der Waals surface area (Å²) < 4.78 is 0. The zero-order chi connectivity index (χ0) is 13.7. The number of phenols is 1. The Morgan fingerprint density at radius 2 is 2.00 bits per heavy atom. The summed E-state index contributed by atoms with van der Waals surface area (Å²) in [6, 6.07) is 10.5. The van der Waals surface area contributed by atoms with E-state index in [9.17, 15) is 9.90 Å². The van der Waals surface area contributed by atoms with Gasteiger partial charge in [-0.05, 0) is 43.3 Å². The average Bonchev–Trinajstić information content (AvgIpc) is 2.42. The van der Waals surface area contributed by atoms with E-state index in [4.69, 9.17) is 0 Å². The number of pyridine rings is 1. The maximum absolute atomic E-state index is 11.7. The number of hydrogen-bond donors (Lipinski definition) is 2. The van der Waals surface area contributed by atoms with Crippen molar-refractivity contribution in [2.45, 2.75) is 16.7 Å². The van der Waals surface area contributed by atoms with Crippen molar-refractivity contribution < 1.29 is 9.90 Å². The molecule has 0 unspecified atom stereocenters. The Balaban J connectivity index is 2.15. The van der Waals surface area contributed by atoms with Gasteiger partial charge < -0.3 is 10.4 Å². The van der Waals surface area contributed by atoms with Crippen LogP contribution in [0, 0.1) is 0 Å². The molecule has 1 aromatic carbocycles. The smallest absolute Gasteiger partial charge is 0.269 e. The van der Waals surface area contributed by atoms with Crippen LogP contribution in [0.5, 0.6) is 5.75 Å². The fourth-order valence-corrected chi connectivity index (χ4v) is 2.34. The van der Waals surface area contributed by atoms with Crippen molar-refractivity contribution in [3.8, 4) is 5.75 Å². The van der Waals surface area contributed by atoms with Gasteiger partial charge in [-0.15, -0.1) is 0 Å². The van der Waals surface area contributed by atoms with Gasteiger partial charge in [-0.2, -0.15) is 0 Å². The van der Waals surface area contributed by atoms with Crippen LogP contribution in [0.1, 0.15) is 17.4 Å². The highest BCUT2D eigenvalue weighted by Gasteiger charge is 2.07. The highest BCUT2D eigenvalue weighted by molar-refractivity contribution is 7.99. The van der Waals surface area contributed by atoms with Gasteiger partial charge in [-0.1, -0.05) is 11.8 Å². The number of nitrogens with zero attached hydrogens (tertiary/aromatic N) is 1. The van der Waals surface area contributed by atoms with E-state index in [0.29, 0.717) is 12.2 Å². The van der Waals surface area contributed by atoms with E-state index in [0.717, 1.165) is 9.79 Å². The molecule has 0 radical (unpaired) electrons. The van der Waals surface area contributed by atoms with E-state index in [-0.39, 0.29) is 11.7 Å². The number of carbonyl (C=O) groups excluding carboxylic acids is 1. The van der Waals surface area contributed by atoms with Crippen LogP contribution in [0.15, 0.2) is 52.4 Å². The largest absolute Gasteiger partial charge is 0.508 e. The number of aromatic nitrogens is 1. The van der Waals surface area contributed by atoms with Gasteiger partial charge in [0.15, 0.2) is 0 Å². The van der Waals surface area contributed by atoms with Gasteiger partial charge in [0.05, 0.1) is 0 Å². The third kappa shape index (κ3) is 3.72. The number of hydrogen-bond acceptors (Lipinski definition) is 4. The Bertz CT molecular complexity index is 570. The molecule has 0 aliphatic carbocycles. The molecule has 0 saturated carbocycles. The minimum Gasteiger partial charge on any atom is -0.508 e. The predicted octanol–water partition coefficient (Wildman–Crippen LogP) is 2.69. The van der Waals surface area contributed by atoms with Crippen molar-refractivity contribution in [2.24, 2.45) is 0 Å². The van der Waals surface area contributed by atoms with Crippen molar-refractivity contribution in [2.75, 3.05) is 6.54 Å². The summed E-state index contributed by atoms with van der Waals surface area (Å²) in [6.07, 6.45) is 1.62. The highest BCUT2D eigenvalue weighted by atomic mass is 32.2. The fraction of sp³-hybridized carbons (Fsp3) is 0.143. The van der Waals surface area contributed by atoms with Crippen molar-refractivity contribution in [3.63, 3.8) is 0 Å². The van der Waals surface area contributed by atoms with E-state index in [1.165, 1.54) is 11.8 Å². The molecule has 1 heterocycles. The van der Waals surface area contributed by atoms with Gasteiger partial charge in [0.2, 0.25) is 0 Å². The second-order valence-electron chi connectivity index (χ2n) is 3.83. The average molecular weight is 274 g/mol. The normalized spacial score (nSPS) is 10.2. The first-order valence-corrected chi connectivity index (χ1v) is 6.72. The molecule has 0 aliphatic heterocycles. The molecule has 19 heavy (non-hydrogen) atoms. The summed E-state index contributed by atoms with van der Waals surface area (Å²) in [6.45, 7) is 2.45. The highest BCUT2D eigenvalue weighted by Crippen LogP contribution is 2.28. The van der Waals surface area contributed by atoms with E-state index in [1.807, 2.05) is 25.1 Å². The SMILES string of the molecule is CCNC(=O)c1cc(Sc2ccc(O)cc2)ccn1. The molecule has 0 fully saturated rings. The summed E-state index contributed by atoms with van der Waals surface area (Å²) >= 11 is 1.51. The molecule has 0 atom stereocenters. The Kier molecular flexibility index (Phi) is 4.41. The third-order valence-electron chi connectivity index (χ3n) is 2.37. The quantitative estimate of drug-likeness (QED) is 0.900. The van der Waals surface area contributed by atoms with Crippen LogP contribution in [0.2, 0.25) is 0 Å². The molecule has 0 saturated heterocycles. The molecular weight excluding hydrogens is 260 g/mol. The molecule has 0 spiro atoms. The molecule has 98 valence electrons. The van der Waals surface area contributed by atoms with E-state index in [2.05, 4.69) is 10.3 Å². The van der Waals surface area contributed by atoms with Gasteiger partial charge in [0, 0.05) is 22.5 Å². The first-order chi connectivity index (χ1) is 9.19. The molecule has 1 aromatic heterocycles. The first-order valence-electron chi connectivity index (χ1n) is 5.90. The lowest BCUT2D eigenvalue weighted by atomic mass is 10.3. The second kappa shape index (κ2) is 6.24. The zero-order valence-electron chi connectivity index (χ0n) is 10.5. The standard InChI is InChI=1S/C14H14N2O2S/c1-2-15-14(18)13-9-12(7-8-16-13)19-11-5-3-10(17)4-6-11/h3-9,17H,2H2,1H3,(H,15,18). The summed E-state index contributed by atoms with van der Waals surface area (Å²) in [5.74, 6) is 0.0674. The fourth-order valence-electron chi connectivity index (χ4n) is 1.50. The Morgan fingerprint density at radius 1 is 1.26 bits per heavy atom. The molecule has 1 amide bonds. The number of aromatic hydroxyl groups is 1. The number of carbonyl (C=O) groups is 1. The van der Waals surface area contributed by atoms with Gasteiger partial charge in [-0.3, -0.25) is 9.78 Å². The lowest BCUT2D eigenvalue weighted by molar-refractivity contribution is 0.0950. The number of rotatable bonds is 4. The van der Waals surface area contributed by atoms with Crippen LogP contribution < -0.4 is 5.32 Å². The van der Waals surface area contributed by atoms with Crippen molar-refractivity contribution in [1.29, 1.82) is 0 Å². The topological polar surface area (TPSA) is 62.2 Å². The van der Waals surface area contributed by atoms with Crippen LogP contribution in [-0.4, -0.2) is 22.5 Å². The molecule has 0 bridgehead atoms. The van der Waals surface area contributed by atoms with E-state index in [1.54, 1.807) is 24.4 Å². The molecule has 0 aliphatic rings. The summed E-state index contributed by atoms with van der Waals surface area (Å²) in [7, 11) is 0. The van der Waals surface area contributed by atoms with Crippen LogP contribution in [0.4, 0.5) is 0 Å². The number of benzene rings is 1. The Morgan fingerprint density at radius 3 is 2.68 bits per heavy atom. The third-order valence-corrected chi connectivity index (χ3v) is 3.37. The van der Waals surface area contributed by atoms with Crippen molar-refractivity contribution >= 4 is 17.7 Å². The van der Waals surface area contributed by atoms with Gasteiger partial charge in [0.25, 0.3) is 5.91 Å². The molecule has 2 rings (SSSR count). The molecular formula is C14H14N2O2S. The van der Waals surface area contributed by atoms with Gasteiger partial charge in [0.1, 0.15) is 11.4 Å².